The number of fused-ring (bicyclic) bond motifs is 1. The molecule has 4 aromatic rings. The lowest BCUT2D eigenvalue weighted by Gasteiger charge is -2.13. The second-order valence-corrected chi connectivity index (χ2v) is 10.1. The largest absolute Gasteiger partial charge is 0.408 e. The van der Waals surface area contributed by atoms with Crippen LogP contribution in [0.3, 0.4) is 0 Å². The number of nitrogens with zero attached hydrogens (tertiary/aromatic N) is 4. The van der Waals surface area contributed by atoms with Crippen LogP contribution in [0.2, 0.25) is 0 Å². The summed E-state index contributed by atoms with van der Waals surface area (Å²) < 4.78 is 7.05. The summed E-state index contributed by atoms with van der Waals surface area (Å²) in [5.41, 5.74) is 2.66. The van der Waals surface area contributed by atoms with Gasteiger partial charge in [-0.2, -0.15) is 0 Å². The Labute approximate surface area is 199 Å². The van der Waals surface area contributed by atoms with E-state index in [-0.39, 0.29) is 29.2 Å². The molecule has 1 amide bonds. The van der Waals surface area contributed by atoms with Crippen molar-refractivity contribution in [3.05, 3.63) is 56.5 Å². The van der Waals surface area contributed by atoms with Gasteiger partial charge in [0.1, 0.15) is 4.83 Å². The number of benzene rings is 1. The summed E-state index contributed by atoms with van der Waals surface area (Å²) in [6, 6.07) is 7.76. The Hall–Kier alpha value is -2.98. The topological polar surface area (TPSA) is 103 Å². The minimum absolute atomic E-state index is 0.0359. The standard InChI is InChI=1S/C23H25N5O3S2/c1-6-16-14(5)33-20-18(16)21(30)28(15-9-7-8-13(4)10-15)23(25-20)32-11-17(29)24-22-27-26-19(31-22)12(2)3/h7-10,12H,6,11H2,1-5H3,(H,24,27,29). The molecule has 8 nitrogen and oxygen atoms in total. The van der Waals surface area contributed by atoms with Crippen LogP contribution in [0.4, 0.5) is 6.01 Å². The average molecular weight is 484 g/mol. The van der Waals surface area contributed by atoms with Gasteiger partial charge >= 0.3 is 6.01 Å². The minimum Gasteiger partial charge on any atom is -0.408 e. The lowest BCUT2D eigenvalue weighted by molar-refractivity contribution is -0.113. The van der Waals surface area contributed by atoms with Crippen molar-refractivity contribution in [2.45, 2.75) is 52.1 Å². The van der Waals surface area contributed by atoms with Gasteiger partial charge in [-0.15, -0.1) is 16.4 Å². The van der Waals surface area contributed by atoms with Gasteiger partial charge in [-0.25, -0.2) is 4.98 Å². The molecular formula is C23H25N5O3S2. The van der Waals surface area contributed by atoms with Crippen molar-refractivity contribution in [3.63, 3.8) is 0 Å². The predicted molar refractivity (Wildman–Crippen MR) is 132 cm³/mol. The van der Waals surface area contributed by atoms with E-state index in [1.165, 1.54) is 23.1 Å². The number of aryl methyl sites for hydroxylation is 3. The molecule has 172 valence electrons. The highest BCUT2D eigenvalue weighted by Crippen LogP contribution is 2.30. The molecule has 0 aliphatic rings. The molecule has 3 heterocycles. The fraction of sp³-hybridized carbons (Fsp3) is 0.348. The maximum Gasteiger partial charge on any atom is 0.322 e. The molecular weight excluding hydrogens is 458 g/mol. The van der Waals surface area contributed by atoms with Gasteiger partial charge in [0.25, 0.3) is 5.56 Å². The first-order valence-corrected chi connectivity index (χ1v) is 12.5. The van der Waals surface area contributed by atoms with Crippen molar-refractivity contribution < 1.29 is 9.21 Å². The number of carbonyl (C=O) groups excluding carboxylic acids is 1. The Morgan fingerprint density at radius 1 is 1.27 bits per heavy atom. The third-order valence-electron chi connectivity index (χ3n) is 5.12. The third kappa shape index (κ3) is 4.72. The molecule has 1 aromatic carbocycles. The molecule has 0 fully saturated rings. The molecule has 1 N–H and O–H groups in total. The normalized spacial score (nSPS) is 11.5. The minimum atomic E-state index is -0.319. The molecule has 0 unspecified atom stereocenters. The van der Waals surface area contributed by atoms with Gasteiger partial charge in [-0.05, 0) is 43.5 Å². The van der Waals surface area contributed by atoms with Crippen LogP contribution in [0.1, 0.15) is 48.6 Å². The molecule has 0 spiro atoms. The average Bonchev–Trinajstić information content (AvgIpc) is 3.36. The molecule has 4 rings (SSSR count). The van der Waals surface area contributed by atoms with Crippen molar-refractivity contribution in [2.24, 2.45) is 0 Å². The molecule has 10 heteroatoms. The highest BCUT2D eigenvalue weighted by molar-refractivity contribution is 7.99. The van der Waals surface area contributed by atoms with Crippen LogP contribution in [0.5, 0.6) is 0 Å². The Morgan fingerprint density at radius 2 is 2.06 bits per heavy atom. The lowest BCUT2D eigenvalue weighted by Crippen LogP contribution is -2.23. The summed E-state index contributed by atoms with van der Waals surface area (Å²) in [7, 11) is 0. The molecule has 0 aliphatic carbocycles. The van der Waals surface area contributed by atoms with E-state index in [1.807, 2.05) is 58.9 Å². The number of anilines is 1. The molecule has 0 saturated heterocycles. The van der Waals surface area contributed by atoms with E-state index >= 15 is 0 Å². The van der Waals surface area contributed by atoms with Crippen LogP contribution in [0.25, 0.3) is 15.9 Å². The van der Waals surface area contributed by atoms with Gasteiger partial charge in [0.05, 0.1) is 16.8 Å². The Bertz CT molecular complexity index is 1390. The number of thioether (sulfide) groups is 1. The van der Waals surface area contributed by atoms with Gasteiger partial charge in [0.15, 0.2) is 5.16 Å². The number of aromatic nitrogens is 4. The van der Waals surface area contributed by atoms with Crippen LogP contribution in [-0.4, -0.2) is 31.4 Å². The zero-order valence-electron chi connectivity index (χ0n) is 19.1. The van der Waals surface area contributed by atoms with E-state index in [9.17, 15) is 9.59 Å². The van der Waals surface area contributed by atoms with Crippen molar-refractivity contribution in [1.82, 2.24) is 19.7 Å². The molecule has 0 radical (unpaired) electrons. The van der Waals surface area contributed by atoms with E-state index in [0.717, 1.165) is 28.1 Å². The maximum absolute atomic E-state index is 13.6. The summed E-state index contributed by atoms with van der Waals surface area (Å²) in [6.45, 7) is 9.88. The van der Waals surface area contributed by atoms with Crippen molar-refractivity contribution in [1.29, 1.82) is 0 Å². The van der Waals surface area contributed by atoms with E-state index in [1.54, 1.807) is 4.57 Å². The second-order valence-electron chi connectivity index (χ2n) is 7.98. The zero-order chi connectivity index (χ0) is 23.7. The molecule has 0 atom stereocenters. The van der Waals surface area contributed by atoms with Crippen molar-refractivity contribution in [3.8, 4) is 5.69 Å². The Kier molecular flexibility index (Phi) is 6.66. The van der Waals surface area contributed by atoms with E-state index in [4.69, 9.17) is 9.40 Å². The van der Waals surface area contributed by atoms with Crippen LogP contribution in [0, 0.1) is 13.8 Å². The van der Waals surface area contributed by atoms with Crippen molar-refractivity contribution >= 4 is 45.2 Å². The van der Waals surface area contributed by atoms with E-state index in [2.05, 4.69) is 15.5 Å². The number of thiophene rings is 1. The van der Waals surface area contributed by atoms with Gasteiger partial charge < -0.3 is 4.42 Å². The molecule has 0 aliphatic heterocycles. The number of amides is 1. The number of hydrogen-bond acceptors (Lipinski definition) is 8. The SMILES string of the molecule is CCc1c(C)sc2nc(SCC(=O)Nc3nnc(C(C)C)o3)n(-c3cccc(C)c3)c(=O)c12. The summed E-state index contributed by atoms with van der Waals surface area (Å²) >= 11 is 2.71. The monoisotopic (exact) mass is 483 g/mol. The number of rotatable bonds is 7. The molecule has 3 aromatic heterocycles. The van der Waals surface area contributed by atoms with Gasteiger partial charge in [-0.3, -0.25) is 19.5 Å². The fourth-order valence-corrected chi connectivity index (χ4v) is 5.49. The predicted octanol–water partition coefficient (Wildman–Crippen LogP) is 4.86. The van der Waals surface area contributed by atoms with Gasteiger partial charge in [-0.1, -0.05) is 49.8 Å². The first-order chi connectivity index (χ1) is 15.8. The Balaban J connectivity index is 1.69. The Morgan fingerprint density at radius 3 is 2.73 bits per heavy atom. The van der Waals surface area contributed by atoms with Gasteiger partial charge in [0, 0.05) is 10.8 Å². The second kappa shape index (κ2) is 9.48. The van der Waals surface area contributed by atoms with Gasteiger partial charge in [0.2, 0.25) is 11.8 Å². The molecule has 0 saturated carbocycles. The summed E-state index contributed by atoms with van der Waals surface area (Å²) in [6.07, 6.45) is 0.758. The highest BCUT2D eigenvalue weighted by atomic mass is 32.2. The quantitative estimate of drug-likeness (QED) is 0.296. The highest BCUT2D eigenvalue weighted by Gasteiger charge is 2.20. The fourth-order valence-electron chi connectivity index (χ4n) is 3.52. The summed E-state index contributed by atoms with van der Waals surface area (Å²) in [4.78, 5) is 32.8. The number of nitrogens with one attached hydrogen (secondary N) is 1. The van der Waals surface area contributed by atoms with E-state index < -0.39 is 0 Å². The molecule has 0 bridgehead atoms. The van der Waals surface area contributed by atoms with Crippen LogP contribution in [0.15, 0.2) is 38.6 Å². The van der Waals surface area contributed by atoms with Crippen molar-refractivity contribution in [2.75, 3.05) is 11.1 Å². The number of hydrogen-bond donors (Lipinski definition) is 1. The first-order valence-electron chi connectivity index (χ1n) is 10.7. The smallest absolute Gasteiger partial charge is 0.322 e. The van der Waals surface area contributed by atoms with Crippen LogP contribution >= 0.6 is 23.1 Å². The molecule has 33 heavy (non-hydrogen) atoms. The zero-order valence-corrected chi connectivity index (χ0v) is 20.8. The van der Waals surface area contributed by atoms with Crippen LogP contribution < -0.4 is 10.9 Å². The van der Waals surface area contributed by atoms with Crippen LogP contribution in [-0.2, 0) is 11.2 Å². The lowest BCUT2D eigenvalue weighted by atomic mass is 10.1. The number of carbonyl (C=O) groups is 1. The third-order valence-corrected chi connectivity index (χ3v) is 7.10. The maximum atomic E-state index is 13.6. The summed E-state index contributed by atoms with van der Waals surface area (Å²) in [5.74, 6) is 0.243. The summed E-state index contributed by atoms with van der Waals surface area (Å²) in [5, 5.41) is 11.5. The first kappa shape index (κ1) is 23.2. The van der Waals surface area contributed by atoms with E-state index in [0.29, 0.717) is 21.3 Å².